The third-order valence-corrected chi connectivity index (χ3v) is 2.18. The molecule has 0 aromatic heterocycles. The zero-order chi connectivity index (χ0) is 7.78. The summed E-state index contributed by atoms with van der Waals surface area (Å²) in [6.45, 7) is 3.57. The van der Waals surface area contributed by atoms with E-state index < -0.39 is 5.60 Å². The van der Waals surface area contributed by atoms with Crippen molar-refractivity contribution in [1.29, 1.82) is 0 Å². The summed E-state index contributed by atoms with van der Waals surface area (Å²) in [5.41, 5.74) is -0.552. The van der Waals surface area contributed by atoms with Gasteiger partial charge in [-0.2, -0.15) is 0 Å². The Morgan fingerprint density at radius 2 is 2.30 bits per heavy atom. The van der Waals surface area contributed by atoms with Gasteiger partial charge in [0.2, 0.25) is 0 Å². The van der Waals surface area contributed by atoms with Crippen molar-refractivity contribution in [2.75, 3.05) is 27.2 Å². The quantitative estimate of drug-likeness (QED) is 0.509. The van der Waals surface area contributed by atoms with Crippen LogP contribution < -0.4 is 5.32 Å². The molecule has 1 fully saturated rings. The Hall–Kier alpha value is -0.120. The number of rotatable bonds is 1. The van der Waals surface area contributed by atoms with E-state index in [1.54, 1.807) is 0 Å². The first kappa shape index (κ1) is 7.98. The van der Waals surface area contributed by atoms with Gasteiger partial charge < -0.3 is 15.3 Å². The van der Waals surface area contributed by atoms with E-state index in [1.807, 2.05) is 21.0 Å². The Morgan fingerprint density at radius 1 is 1.70 bits per heavy atom. The molecular formula is C7H16N2O. The number of β-amino-alcohol motifs (C(OH)–C–C–N with tert-alkyl or cyclic N) is 1. The predicted octanol–water partition coefficient (Wildman–Crippen LogP) is -0.729. The van der Waals surface area contributed by atoms with Crippen LogP contribution >= 0.6 is 0 Å². The molecule has 1 saturated heterocycles. The van der Waals surface area contributed by atoms with Crippen molar-refractivity contribution >= 4 is 0 Å². The average molecular weight is 144 g/mol. The van der Waals surface area contributed by atoms with E-state index >= 15 is 0 Å². The van der Waals surface area contributed by atoms with Crippen molar-refractivity contribution in [3.05, 3.63) is 0 Å². The van der Waals surface area contributed by atoms with Crippen LogP contribution in [0, 0.1) is 0 Å². The topological polar surface area (TPSA) is 35.5 Å². The summed E-state index contributed by atoms with van der Waals surface area (Å²) >= 11 is 0. The van der Waals surface area contributed by atoms with Gasteiger partial charge in [-0.25, -0.2) is 0 Å². The molecule has 0 bridgehead atoms. The lowest BCUT2D eigenvalue weighted by atomic mass is 10.0. The molecule has 0 spiro atoms. The highest BCUT2D eigenvalue weighted by Crippen LogP contribution is 2.18. The Balaban J connectivity index is 2.58. The zero-order valence-electron chi connectivity index (χ0n) is 6.89. The first-order valence-corrected chi connectivity index (χ1v) is 3.64. The molecule has 3 nitrogen and oxygen atoms in total. The van der Waals surface area contributed by atoms with Crippen molar-refractivity contribution in [3.8, 4) is 0 Å². The number of aliphatic hydroxyl groups is 1. The molecule has 1 rings (SSSR count). The summed E-state index contributed by atoms with van der Waals surface area (Å²) in [7, 11) is 3.91. The lowest BCUT2D eigenvalue weighted by Crippen LogP contribution is -2.46. The summed E-state index contributed by atoms with van der Waals surface area (Å²) in [4.78, 5) is 2.13. The van der Waals surface area contributed by atoms with Gasteiger partial charge in [-0.1, -0.05) is 0 Å². The second-order valence-electron chi connectivity index (χ2n) is 3.40. The Bertz CT molecular complexity index is 125. The molecule has 0 radical (unpaired) electrons. The van der Waals surface area contributed by atoms with Crippen LogP contribution in [0.3, 0.4) is 0 Å². The van der Waals surface area contributed by atoms with Gasteiger partial charge in [-0.3, -0.25) is 0 Å². The van der Waals surface area contributed by atoms with E-state index in [2.05, 4.69) is 10.2 Å². The van der Waals surface area contributed by atoms with Crippen LogP contribution in [0.25, 0.3) is 0 Å². The number of likely N-dealkylation sites (N-methyl/N-ethyl adjacent to an activating group) is 2. The minimum Gasteiger partial charge on any atom is -0.387 e. The lowest BCUT2D eigenvalue weighted by Gasteiger charge is -2.23. The molecule has 0 unspecified atom stereocenters. The molecule has 60 valence electrons. The van der Waals surface area contributed by atoms with Gasteiger partial charge in [0, 0.05) is 19.1 Å². The second kappa shape index (κ2) is 2.49. The third-order valence-electron chi connectivity index (χ3n) is 2.18. The SMILES string of the molecule is CN[C@@H]1CN(C)C[C@@]1(C)O. The number of hydrogen-bond acceptors (Lipinski definition) is 3. The Labute approximate surface area is 62.0 Å². The van der Waals surface area contributed by atoms with Crippen molar-refractivity contribution in [2.45, 2.75) is 18.6 Å². The molecule has 2 N–H and O–H groups in total. The standard InChI is InChI=1S/C7H16N2O/c1-7(10)5-9(3)4-6(7)8-2/h6,8,10H,4-5H2,1-3H3/t6-,7-/m1/s1. The van der Waals surface area contributed by atoms with Crippen LogP contribution in [0.15, 0.2) is 0 Å². The van der Waals surface area contributed by atoms with Gasteiger partial charge >= 0.3 is 0 Å². The van der Waals surface area contributed by atoms with Crippen LogP contribution in [-0.4, -0.2) is 48.8 Å². The van der Waals surface area contributed by atoms with Crippen molar-refractivity contribution < 1.29 is 5.11 Å². The van der Waals surface area contributed by atoms with Crippen LogP contribution in [0.5, 0.6) is 0 Å². The van der Waals surface area contributed by atoms with Crippen LogP contribution in [0.1, 0.15) is 6.92 Å². The molecule has 1 aliphatic heterocycles. The number of nitrogens with one attached hydrogen (secondary N) is 1. The van der Waals surface area contributed by atoms with Crippen LogP contribution in [0.4, 0.5) is 0 Å². The number of likely N-dealkylation sites (tertiary alicyclic amines) is 1. The fourth-order valence-electron chi connectivity index (χ4n) is 1.63. The monoisotopic (exact) mass is 144 g/mol. The molecule has 0 aromatic carbocycles. The third kappa shape index (κ3) is 1.31. The van der Waals surface area contributed by atoms with Gasteiger partial charge in [-0.05, 0) is 21.0 Å². The number of hydrogen-bond donors (Lipinski definition) is 2. The van der Waals surface area contributed by atoms with Crippen molar-refractivity contribution in [1.82, 2.24) is 10.2 Å². The molecule has 3 heteroatoms. The summed E-state index contributed by atoms with van der Waals surface area (Å²) in [5.74, 6) is 0. The normalized spacial score (nSPS) is 42.6. The maximum absolute atomic E-state index is 9.72. The summed E-state index contributed by atoms with van der Waals surface area (Å²) in [5, 5.41) is 12.8. The molecule has 0 amide bonds. The van der Waals surface area contributed by atoms with Gasteiger partial charge in [0.25, 0.3) is 0 Å². The first-order valence-electron chi connectivity index (χ1n) is 3.64. The van der Waals surface area contributed by atoms with E-state index in [4.69, 9.17) is 0 Å². The predicted molar refractivity (Wildman–Crippen MR) is 41.0 cm³/mol. The maximum atomic E-state index is 9.72. The highest BCUT2D eigenvalue weighted by molar-refractivity contribution is 4.97. The van der Waals surface area contributed by atoms with Gasteiger partial charge in [0.15, 0.2) is 0 Å². The van der Waals surface area contributed by atoms with Crippen molar-refractivity contribution in [2.24, 2.45) is 0 Å². The van der Waals surface area contributed by atoms with Crippen molar-refractivity contribution in [3.63, 3.8) is 0 Å². The molecule has 0 aromatic rings. The highest BCUT2D eigenvalue weighted by Gasteiger charge is 2.38. The van der Waals surface area contributed by atoms with Crippen LogP contribution in [0.2, 0.25) is 0 Å². The lowest BCUT2D eigenvalue weighted by molar-refractivity contribution is 0.0498. The summed E-state index contributed by atoms with van der Waals surface area (Å²) in [6.07, 6.45) is 0. The fourth-order valence-corrected chi connectivity index (χ4v) is 1.63. The first-order chi connectivity index (χ1) is 4.56. The Kier molecular flexibility index (Phi) is 1.99. The molecule has 10 heavy (non-hydrogen) atoms. The largest absolute Gasteiger partial charge is 0.387 e. The van der Waals surface area contributed by atoms with E-state index in [9.17, 15) is 5.11 Å². The smallest absolute Gasteiger partial charge is 0.0910 e. The second-order valence-corrected chi connectivity index (χ2v) is 3.40. The number of nitrogens with zero attached hydrogens (tertiary/aromatic N) is 1. The van der Waals surface area contributed by atoms with E-state index in [0.717, 1.165) is 13.1 Å². The maximum Gasteiger partial charge on any atom is 0.0910 e. The van der Waals surface area contributed by atoms with Gasteiger partial charge in [-0.15, -0.1) is 0 Å². The van der Waals surface area contributed by atoms with E-state index in [-0.39, 0.29) is 6.04 Å². The molecule has 1 heterocycles. The van der Waals surface area contributed by atoms with E-state index in [0.29, 0.717) is 0 Å². The highest BCUT2D eigenvalue weighted by atomic mass is 16.3. The minimum atomic E-state index is -0.552. The summed E-state index contributed by atoms with van der Waals surface area (Å²) < 4.78 is 0. The minimum absolute atomic E-state index is 0.220. The summed E-state index contributed by atoms with van der Waals surface area (Å²) in [6, 6.07) is 0.220. The molecular weight excluding hydrogens is 128 g/mol. The molecule has 0 aliphatic carbocycles. The average Bonchev–Trinajstić information content (AvgIpc) is 2.04. The van der Waals surface area contributed by atoms with Crippen LogP contribution in [-0.2, 0) is 0 Å². The fraction of sp³-hybridized carbons (Fsp3) is 1.00. The zero-order valence-corrected chi connectivity index (χ0v) is 6.89. The van der Waals surface area contributed by atoms with Gasteiger partial charge in [0.1, 0.15) is 0 Å². The molecule has 1 aliphatic rings. The van der Waals surface area contributed by atoms with Gasteiger partial charge in [0.05, 0.1) is 5.60 Å². The van der Waals surface area contributed by atoms with E-state index in [1.165, 1.54) is 0 Å². The Morgan fingerprint density at radius 3 is 2.50 bits per heavy atom. The molecule has 0 saturated carbocycles. The molecule has 2 atom stereocenters.